The fourth-order valence-electron chi connectivity index (χ4n) is 3.51. The Labute approximate surface area is 178 Å². The second kappa shape index (κ2) is 9.26. The second-order valence-corrected chi connectivity index (χ2v) is 8.09. The summed E-state index contributed by atoms with van der Waals surface area (Å²) in [5, 5.41) is 3.25. The van der Waals surface area contributed by atoms with Crippen molar-refractivity contribution >= 4 is 23.1 Å². The molecular weight excluding hydrogens is 376 g/mol. The van der Waals surface area contributed by atoms with Crippen molar-refractivity contribution in [1.29, 1.82) is 0 Å². The molecule has 30 heavy (non-hydrogen) atoms. The molecule has 0 atom stereocenters. The Morgan fingerprint density at radius 2 is 1.60 bits per heavy atom. The molecule has 0 aromatic heterocycles. The highest BCUT2D eigenvalue weighted by Crippen LogP contribution is 2.31. The molecule has 1 heterocycles. The summed E-state index contributed by atoms with van der Waals surface area (Å²) in [7, 11) is 0. The van der Waals surface area contributed by atoms with Gasteiger partial charge in [0.25, 0.3) is 11.8 Å². The van der Waals surface area contributed by atoms with E-state index in [-0.39, 0.29) is 17.9 Å². The van der Waals surface area contributed by atoms with E-state index in [1.165, 1.54) is 4.90 Å². The maximum absolute atomic E-state index is 13.2. The number of imide groups is 1. The number of anilines is 1. The molecule has 0 aliphatic carbocycles. The van der Waals surface area contributed by atoms with Gasteiger partial charge in [-0.2, -0.15) is 0 Å². The molecule has 0 saturated heterocycles. The van der Waals surface area contributed by atoms with E-state index < -0.39 is 0 Å². The second-order valence-electron chi connectivity index (χ2n) is 8.09. The third kappa shape index (κ3) is 4.79. The third-order valence-corrected chi connectivity index (χ3v) is 5.13. The van der Waals surface area contributed by atoms with Crippen LogP contribution in [0.15, 0.2) is 48.2 Å². The summed E-state index contributed by atoms with van der Waals surface area (Å²) in [5.41, 5.74) is 5.59. The lowest BCUT2D eigenvalue weighted by atomic mass is 10.0. The predicted octanol–water partition coefficient (Wildman–Crippen LogP) is 4.62. The fraction of sp³-hybridized carbons (Fsp3) is 0.360. The summed E-state index contributed by atoms with van der Waals surface area (Å²) in [4.78, 5) is 27.8. The van der Waals surface area contributed by atoms with Crippen LogP contribution in [0.25, 0.3) is 5.57 Å². The zero-order valence-electron chi connectivity index (χ0n) is 18.4. The minimum absolute atomic E-state index is 0.123. The summed E-state index contributed by atoms with van der Waals surface area (Å²) >= 11 is 0. The molecule has 158 valence electrons. The SMILES string of the molecule is Cc1ccc(C2=C(Nc3ccc(C)cc3C)C(=O)N(CCCOC(C)C)C2=O)cc1. The number of rotatable bonds is 8. The first kappa shape index (κ1) is 21.8. The monoisotopic (exact) mass is 406 g/mol. The molecule has 3 rings (SSSR count). The van der Waals surface area contributed by atoms with Gasteiger partial charge in [-0.05, 0) is 58.2 Å². The number of aryl methyl sites for hydroxylation is 3. The lowest BCUT2D eigenvalue weighted by molar-refractivity contribution is -0.137. The van der Waals surface area contributed by atoms with E-state index in [1.54, 1.807) is 0 Å². The molecule has 5 heteroatoms. The molecule has 0 radical (unpaired) electrons. The molecule has 1 N–H and O–H groups in total. The van der Waals surface area contributed by atoms with Crippen molar-refractivity contribution in [1.82, 2.24) is 4.90 Å². The Morgan fingerprint density at radius 3 is 2.23 bits per heavy atom. The number of carbonyl (C=O) groups is 2. The Bertz CT molecular complexity index is 974. The fourth-order valence-corrected chi connectivity index (χ4v) is 3.51. The van der Waals surface area contributed by atoms with Crippen molar-refractivity contribution in [3.63, 3.8) is 0 Å². The van der Waals surface area contributed by atoms with Gasteiger partial charge in [0.05, 0.1) is 11.7 Å². The predicted molar refractivity (Wildman–Crippen MR) is 120 cm³/mol. The number of carbonyl (C=O) groups excluding carboxylic acids is 2. The first-order chi connectivity index (χ1) is 14.3. The van der Waals surface area contributed by atoms with Gasteiger partial charge >= 0.3 is 0 Å². The van der Waals surface area contributed by atoms with Crippen LogP contribution < -0.4 is 5.32 Å². The van der Waals surface area contributed by atoms with Crippen LogP contribution in [0, 0.1) is 20.8 Å². The van der Waals surface area contributed by atoms with Gasteiger partial charge in [0.1, 0.15) is 5.70 Å². The van der Waals surface area contributed by atoms with Crippen molar-refractivity contribution in [3.05, 3.63) is 70.4 Å². The maximum atomic E-state index is 13.2. The Kier molecular flexibility index (Phi) is 6.73. The van der Waals surface area contributed by atoms with Gasteiger partial charge < -0.3 is 10.1 Å². The standard InChI is InChI=1S/C25H30N2O3/c1-16(2)30-14-6-13-27-24(28)22(20-10-7-17(3)8-11-20)23(25(27)29)26-21-12-9-18(4)15-19(21)5/h7-12,15-16,26H,6,13-14H2,1-5H3. The van der Waals surface area contributed by atoms with Crippen molar-refractivity contribution < 1.29 is 14.3 Å². The van der Waals surface area contributed by atoms with Crippen molar-refractivity contribution in [2.24, 2.45) is 0 Å². The normalized spacial score (nSPS) is 14.3. The average Bonchev–Trinajstić information content (AvgIpc) is 2.92. The van der Waals surface area contributed by atoms with E-state index in [9.17, 15) is 9.59 Å². The number of hydrogen-bond acceptors (Lipinski definition) is 4. The molecule has 5 nitrogen and oxygen atoms in total. The number of benzene rings is 2. The van der Waals surface area contributed by atoms with Crippen LogP contribution in [-0.4, -0.2) is 36.0 Å². The van der Waals surface area contributed by atoms with Crippen LogP contribution in [0.5, 0.6) is 0 Å². The highest BCUT2D eigenvalue weighted by atomic mass is 16.5. The van der Waals surface area contributed by atoms with Gasteiger partial charge in [0.15, 0.2) is 0 Å². The van der Waals surface area contributed by atoms with E-state index in [2.05, 4.69) is 11.4 Å². The van der Waals surface area contributed by atoms with Crippen LogP contribution in [0.1, 0.15) is 42.5 Å². The van der Waals surface area contributed by atoms with Gasteiger partial charge in [-0.3, -0.25) is 14.5 Å². The van der Waals surface area contributed by atoms with Crippen LogP contribution >= 0.6 is 0 Å². The first-order valence-corrected chi connectivity index (χ1v) is 10.4. The Hall–Kier alpha value is -2.92. The van der Waals surface area contributed by atoms with Crippen molar-refractivity contribution in [3.8, 4) is 0 Å². The molecule has 2 aromatic carbocycles. The largest absolute Gasteiger partial charge is 0.379 e. The quantitative estimate of drug-likeness (QED) is 0.513. The van der Waals surface area contributed by atoms with Crippen molar-refractivity contribution in [2.75, 3.05) is 18.5 Å². The molecule has 1 aliphatic heterocycles. The minimum atomic E-state index is -0.292. The molecule has 0 unspecified atom stereocenters. The lowest BCUT2D eigenvalue weighted by Gasteiger charge is -2.16. The highest BCUT2D eigenvalue weighted by molar-refractivity contribution is 6.36. The topological polar surface area (TPSA) is 58.6 Å². The summed E-state index contributed by atoms with van der Waals surface area (Å²) in [5.74, 6) is -0.555. The van der Waals surface area contributed by atoms with Gasteiger partial charge in [0.2, 0.25) is 0 Å². The summed E-state index contributed by atoms with van der Waals surface area (Å²) in [6.45, 7) is 10.8. The molecule has 0 saturated carbocycles. The average molecular weight is 407 g/mol. The smallest absolute Gasteiger partial charge is 0.278 e. The zero-order chi connectivity index (χ0) is 21.8. The van der Waals surface area contributed by atoms with Crippen LogP contribution in [0.4, 0.5) is 5.69 Å². The molecule has 0 bridgehead atoms. The Balaban J connectivity index is 1.92. The molecule has 0 spiro atoms. The number of nitrogens with zero attached hydrogens (tertiary/aromatic N) is 1. The molecule has 1 aliphatic rings. The summed E-state index contributed by atoms with van der Waals surface area (Å²) in [6.07, 6.45) is 0.728. The van der Waals surface area contributed by atoms with Crippen molar-refractivity contribution in [2.45, 2.75) is 47.1 Å². The van der Waals surface area contributed by atoms with E-state index in [4.69, 9.17) is 4.74 Å². The molecule has 0 fully saturated rings. The van der Waals surface area contributed by atoms with E-state index in [0.717, 1.165) is 27.9 Å². The molecular formula is C25H30N2O3. The number of amides is 2. The molecule has 2 aromatic rings. The number of nitrogens with one attached hydrogen (secondary N) is 1. The lowest BCUT2D eigenvalue weighted by Crippen LogP contribution is -2.34. The van der Waals surface area contributed by atoms with E-state index >= 15 is 0 Å². The first-order valence-electron chi connectivity index (χ1n) is 10.4. The maximum Gasteiger partial charge on any atom is 0.278 e. The van der Waals surface area contributed by atoms with Gasteiger partial charge in [-0.1, -0.05) is 47.5 Å². The zero-order valence-corrected chi connectivity index (χ0v) is 18.4. The minimum Gasteiger partial charge on any atom is -0.379 e. The van der Waals surface area contributed by atoms with Gasteiger partial charge in [-0.25, -0.2) is 0 Å². The van der Waals surface area contributed by atoms with Gasteiger partial charge in [0, 0.05) is 18.8 Å². The van der Waals surface area contributed by atoms with Crippen LogP contribution in [0.2, 0.25) is 0 Å². The number of ether oxygens (including phenoxy) is 1. The van der Waals surface area contributed by atoms with Gasteiger partial charge in [-0.15, -0.1) is 0 Å². The highest BCUT2D eigenvalue weighted by Gasteiger charge is 2.39. The third-order valence-electron chi connectivity index (χ3n) is 5.13. The number of hydrogen-bond donors (Lipinski definition) is 1. The summed E-state index contributed by atoms with van der Waals surface area (Å²) < 4.78 is 5.57. The van der Waals surface area contributed by atoms with E-state index in [1.807, 2.05) is 71.0 Å². The Morgan fingerprint density at radius 1 is 0.933 bits per heavy atom. The van der Waals surface area contributed by atoms with Crippen LogP contribution in [-0.2, 0) is 14.3 Å². The van der Waals surface area contributed by atoms with E-state index in [0.29, 0.717) is 30.8 Å². The van der Waals surface area contributed by atoms with Crippen LogP contribution in [0.3, 0.4) is 0 Å². The summed E-state index contributed by atoms with van der Waals surface area (Å²) in [6, 6.07) is 13.7. The molecule has 2 amide bonds.